The third-order valence-electron chi connectivity index (χ3n) is 2.73. The maximum absolute atomic E-state index is 11.9. The van der Waals surface area contributed by atoms with E-state index in [4.69, 9.17) is 0 Å². The van der Waals surface area contributed by atoms with Crippen molar-refractivity contribution in [3.8, 4) is 11.8 Å². The van der Waals surface area contributed by atoms with Crippen molar-refractivity contribution in [3.63, 3.8) is 0 Å². The van der Waals surface area contributed by atoms with Crippen LogP contribution in [0.2, 0.25) is 0 Å². The van der Waals surface area contributed by atoms with E-state index < -0.39 is 0 Å². The first kappa shape index (κ1) is 14.4. The van der Waals surface area contributed by atoms with E-state index in [1.54, 1.807) is 19.1 Å². The van der Waals surface area contributed by atoms with Gasteiger partial charge >= 0.3 is 0 Å². The molecule has 0 fully saturated rings. The van der Waals surface area contributed by atoms with Gasteiger partial charge in [-0.05, 0) is 25.1 Å². The Labute approximate surface area is 121 Å². The number of fused-ring (bicyclic) bond motifs is 1. The van der Waals surface area contributed by atoms with Crippen molar-refractivity contribution >= 4 is 27.8 Å². The number of pyridine rings is 1. The van der Waals surface area contributed by atoms with E-state index in [0.29, 0.717) is 17.6 Å². The summed E-state index contributed by atoms with van der Waals surface area (Å²) in [6.45, 7) is 3.41. The van der Waals surface area contributed by atoms with Crippen LogP contribution in [0, 0.1) is 18.8 Å². The van der Waals surface area contributed by atoms with Crippen molar-refractivity contribution in [2.45, 2.75) is 20.3 Å². The first-order chi connectivity index (χ1) is 9.56. The highest BCUT2D eigenvalue weighted by molar-refractivity contribution is 8.13. The van der Waals surface area contributed by atoms with Crippen molar-refractivity contribution in [2.24, 2.45) is 0 Å². The fourth-order valence-corrected chi connectivity index (χ4v) is 2.36. The monoisotopic (exact) mass is 285 g/mol. The maximum atomic E-state index is 11.9. The van der Waals surface area contributed by atoms with Crippen LogP contribution in [0.15, 0.2) is 29.1 Å². The molecule has 0 atom stereocenters. The standard InChI is InChI=1S/C16H15NO2S/c1-11-9-16(19)14-10-13(6-7-15(14)17-11)5-3-4-8-20-12(2)18/h6-7,9-10H,4,8H2,1-2H3,(H,17,19). The van der Waals surface area contributed by atoms with Crippen LogP contribution in [0.4, 0.5) is 0 Å². The minimum Gasteiger partial charge on any atom is -0.358 e. The summed E-state index contributed by atoms with van der Waals surface area (Å²) in [5.74, 6) is 6.75. The fourth-order valence-electron chi connectivity index (χ4n) is 1.87. The van der Waals surface area contributed by atoms with E-state index in [9.17, 15) is 9.59 Å². The molecule has 2 aromatic rings. The van der Waals surface area contributed by atoms with Crippen LogP contribution >= 0.6 is 11.8 Å². The Hall–Kier alpha value is -1.99. The van der Waals surface area contributed by atoms with Gasteiger partial charge in [0.05, 0.1) is 0 Å². The summed E-state index contributed by atoms with van der Waals surface area (Å²) in [6.07, 6.45) is 0.659. The van der Waals surface area contributed by atoms with Crippen LogP contribution in [-0.4, -0.2) is 15.9 Å². The number of hydrogen-bond donors (Lipinski definition) is 1. The van der Waals surface area contributed by atoms with Gasteiger partial charge in [0.25, 0.3) is 0 Å². The second-order valence-corrected chi connectivity index (χ2v) is 5.74. The fraction of sp³-hybridized carbons (Fsp3) is 0.250. The van der Waals surface area contributed by atoms with Crippen LogP contribution in [0.1, 0.15) is 24.6 Å². The molecule has 2 rings (SSSR count). The van der Waals surface area contributed by atoms with E-state index in [-0.39, 0.29) is 10.5 Å². The van der Waals surface area contributed by atoms with Crippen molar-refractivity contribution in [1.82, 2.24) is 4.98 Å². The molecule has 4 heteroatoms. The predicted molar refractivity (Wildman–Crippen MR) is 83.9 cm³/mol. The molecule has 0 amide bonds. The van der Waals surface area contributed by atoms with Crippen LogP contribution in [0.25, 0.3) is 10.9 Å². The van der Waals surface area contributed by atoms with Gasteiger partial charge in [0.1, 0.15) is 0 Å². The molecule has 20 heavy (non-hydrogen) atoms. The van der Waals surface area contributed by atoms with Gasteiger partial charge in [-0.2, -0.15) is 0 Å². The lowest BCUT2D eigenvalue weighted by Gasteiger charge is -2.00. The second kappa shape index (κ2) is 6.44. The molecule has 0 aliphatic heterocycles. The molecule has 1 heterocycles. The summed E-state index contributed by atoms with van der Waals surface area (Å²) >= 11 is 1.28. The average Bonchev–Trinajstić information content (AvgIpc) is 2.38. The minimum absolute atomic E-state index is 0.00651. The number of aromatic nitrogens is 1. The summed E-state index contributed by atoms with van der Waals surface area (Å²) in [5, 5.41) is 0.764. The highest BCUT2D eigenvalue weighted by atomic mass is 32.2. The minimum atomic E-state index is 0.00651. The van der Waals surface area contributed by atoms with Crippen molar-refractivity contribution in [2.75, 3.05) is 5.75 Å². The van der Waals surface area contributed by atoms with Crippen molar-refractivity contribution in [1.29, 1.82) is 0 Å². The van der Waals surface area contributed by atoms with Gasteiger partial charge in [-0.15, -0.1) is 0 Å². The number of aromatic amines is 1. The van der Waals surface area contributed by atoms with Gasteiger partial charge in [-0.25, -0.2) is 0 Å². The lowest BCUT2D eigenvalue weighted by molar-refractivity contribution is -0.109. The van der Waals surface area contributed by atoms with Gasteiger partial charge in [0.2, 0.25) is 0 Å². The van der Waals surface area contributed by atoms with Crippen molar-refractivity contribution < 1.29 is 4.79 Å². The van der Waals surface area contributed by atoms with Crippen LogP contribution in [0.3, 0.4) is 0 Å². The molecule has 0 spiro atoms. The summed E-state index contributed by atoms with van der Waals surface area (Å²) < 4.78 is 0. The Kier molecular flexibility index (Phi) is 4.65. The third kappa shape index (κ3) is 3.75. The van der Waals surface area contributed by atoms with Gasteiger partial charge in [-0.3, -0.25) is 9.59 Å². The largest absolute Gasteiger partial charge is 0.358 e. The molecule has 1 aromatic heterocycles. The maximum Gasteiger partial charge on any atom is 0.189 e. The Morgan fingerprint density at radius 1 is 1.35 bits per heavy atom. The van der Waals surface area contributed by atoms with E-state index in [2.05, 4.69) is 16.8 Å². The lowest BCUT2D eigenvalue weighted by Crippen LogP contribution is -2.02. The molecule has 0 aliphatic carbocycles. The van der Waals surface area contributed by atoms with Gasteiger partial charge in [0.15, 0.2) is 10.5 Å². The molecule has 0 aliphatic rings. The first-order valence-electron chi connectivity index (χ1n) is 6.32. The quantitative estimate of drug-likeness (QED) is 0.682. The number of aryl methyl sites for hydroxylation is 1. The molecular weight excluding hydrogens is 270 g/mol. The van der Waals surface area contributed by atoms with Crippen LogP contribution < -0.4 is 5.43 Å². The highest BCUT2D eigenvalue weighted by Gasteiger charge is 2.00. The van der Waals surface area contributed by atoms with Crippen LogP contribution in [-0.2, 0) is 4.79 Å². The van der Waals surface area contributed by atoms with E-state index in [1.165, 1.54) is 11.8 Å². The summed E-state index contributed by atoms with van der Waals surface area (Å²) in [7, 11) is 0. The molecule has 0 bridgehead atoms. The molecule has 1 aromatic carbocycles. The molecule has 0 saturated carbocycles. The number of benzene rings is 1. The number of nitrogens with one attached hydrogen (secondary N) is 1. The Balaban J connectivity index is 2.18. The van der Waals surface area contributed by atoms with E-state index in [0.717, 1.165) is 16.8 Å². The Morgan fingerprint density at radius 2 is 2.15 bits per heavy atom. The molecule has 1 N–H and O–H groups in total. The first-order valence-corrected chi connectivity index (χ1v) is 7.31. The van der Waals surface area contributed by atoms with Crippen molar-refractivity contribution in [3.05, 3.63) is 45.7 Å². The Bertz CT molecular complexity index is 765. The SMILES string of the molecule is CC(=O)SCCC#Cc1ccc2[nH]c(C)cc(=O)c2c1. The number of carbonyl (C=O) groups excluding carboxylic acids is 1. The van der Waals surface area contributed by atoms with E-state index >= 15 is 0 Å². The highest BCUT2D eigenvalue weighted by Crippen LogP contribution is 2.10. The average molecular weight is 285 g/mol. The topological polar surface area (TPSA) is 49.9 Å². The number of thioether (sulfide) groups is 1. The summed E-state index contributed by atoms with van der Waals surface area (Å²) in [5.41, 5.74) is 2.50. The Morgan fingerprint density at radius 3 is 2.90 bits per heavy atom. The summed E-state index contributed by atoms with van der Waals surface area (Å²) in [6, 6.07) is 7.16. The second-order valence-electron chi connectivity index (χ2n) is 4.47. The molecule has 0 radical (unpaired) electrons. The smallest absolute Gasteiger partial charge is 0.189 e. The van der Waals surface area contributed by atoms with Gasteiger partial charge < -0.3 is 4.98 Å². The van der Waals surface area contributed by atoms with Gasteiger partial charge in [0, 0.05) is 47.3 Å². The van der Waals surface area contributed by atoms with Gasteiger partial charge in [-0.1, -0.05) is 23.6 Å². The molecular formula is C16H15NO2S. The number of carbonyl (C=O) groups is 1. The van der Waals surface area contributed by atoms with Crippen LogP contribution in [0.5, 0.6) is 0 Å². The zero-order valence-corrected chi connectivity index (χ0v) is 12.3. The number of rotatable bonds is 2. The third-order valence-corrected chi connectivity index (χ3v) is 3.54. The molecule has 0 unspecified atom stereocenters. The molecule has 3 nitrogen and oxygen atoms in total. The summed E-state index contributed by atoms with van der Waals surface area (Å²) in [4.78, 5) is 25.8. The zero-order chi connectivity index (χ0) is 14.5. The number of H-pyrrole nitrogens is 1. The molecule has 0 saturated heterocycles. The van der Waals surface area contributed by atoms with E-state index in [1.807, 2.05) is 19.1 Å². The normalized spacial score (nSPS) is 10.1. The zero-order valence-electron chi connectivity index (χ0n) is 11.4. The molecule has 102 valence electrons. The number of hydrogen-bond acceptors (Lipinski definition) is 3. The predicted octanol–water partition coefficient (Wildman–Crippen LogP) is 2.86. The lowest BCUT2D eigenvalue weighted by atomic mass is 10.1.